The third-order valence-electron chi connectivity index (χ3n) is 3.90. The number of halogens is 2. The molecule has 0 spiro atoms. The number of benzene rings is 1. The third kappa shape index (κ3) is 4.14. The van der Waals surface area contributed by atoms with Crippen LogP contribution in [0, 0.1) is 11.6 Å². The Labute approximate surface area is 138 Å². The Kier molecular flexibility index (Phi) is 4.88. The molecule has 1 aromatic carbocycles. The highest BCUT2D eigenvalue weighted by Crippen LogP contribution is 2.17. The zero-order valence-electron chi connectivity index (χ0n) is 13.4. The Morgan fingerprint density at radius 2 is 1.92 bits per heavy atom. The maximum atomic E-state index is 13.3. The van der Waals surface area contributed by atoms with Crippen LogP contribution < -0.4 is 5.32 Å². The van der Waals surface area contributed by atoms with Crippen molar-refractivity contribution >= 4 is 16.9 Å². The molecule has 2 aromatic rings. The minimum absolute atomic E-state index is 0.256. The molecule has 2 heterocycles. The zero-order chi connectivity index (χ0) is 17.2. The van der Waals surface area contributed by atoms with Gasteiger partial charge in [-0.25, -0.2) is 13.8 Å². The van der Waals surface area contributed by atoms with Crippen LogP contribution in [0.1, 0.15) is 6.92 Å². The molecule has 1 atom stereocenters. The van der Waals surface area contributed by atoms with E-state index >= 15 is 0 Å². The summed E-state index contributed by atoms with van der Waals surface area (Å²) in [6, 6.07) is 2.02. The van der Waals surface area contributed by atoms with Gasteiger partial charge in [-0.15, -0.1) is 0 Å². The summed E-state index contributed by atoms with van der Waals surface area (Å²) in [5.74, 6) is -1.52. The first-order valence-electron chi connectivity index (χ1n) is 7.81. The lowest BCUT2D eigenvalue weighted by Crippen LogP contribution is -2.49. The van der Waals surface area contributed by atoms with E-state index < -0.39 is 17.2 Å². The summed E-state index contributed by atoms with van der Waals surface area (Å²) in [4.78, 5) is 10.4. The van der Waals surface area contributed by atoms with Crippen molar-refractivity contribution in [2.24, 2.45) is 0 Å². The van der Waals surface area contributed by atoms with Crippen molar-refractivity contribution in [3.63, 3.8) is 0 Å². The smallest absolute Gasteiger partial charge is 0.161 e. The second-order valence-electron chi connectivity index (χ2n) is 6.25. The lowest BCUT2D eigenvalue weighted by Gasteiger charge is -2.33. The molecule has 0 aliphatic carbocycles. The first-order chi connectivity index (χ1) is 11.4. The van der Waals surface area contributed by atoms with Crippen LogP contribution in [0.3, 0.4) is 0 Å². The predicted octanol–water partition coefficient (Wildman–Crippen LogP) is 1.40. The van der Waals surface area contributed by atoms with Crippen molar-refractivity contribution in [2.45, 2.75) is 12.5 Å². The molecule has 1 aromatic heterocycles. The molecule has 1 aliphatic heterocycles. The summed E-state index contributed by atoms with van der Waals surface area (Å²) in [6.07, 6.45) is 1.44. The number of β-amino-alcohol motifs (C(OH)–C–C–N with tert-alkyl or cyclic N) is 1. The largest absolute Gasteiger partial charge is 0.387 e. The molecular formula is C16H20F2N4O2. The van der Waals surface area contributed by atoms with E-state index in [2.05, 4.69) is 20.2 Å². The van der Waals surface area contributed by atoms with Crippen molar-refractivity contribution < 1.29 is 18.6 Å². The number of rotatable bonds is 5. The maximum absolute atomic E-state index is 13.3. The number of aliphatic hydroxyl groups is 1. The molecule has 24 heavy (non-hydrogen) atoms. The van der Waals surface area contributed by atoms with Gasteiger partial charge in [0.25, 0.3) is 0 Å². The third-order valence-corrected chi connectivity index (χ3v) is 3.90. The van der Waals surface area contributed by atoms with Gasteiger partial charge >= 0.3 is 0 Å². The topological polar surface area (TPSA) is 70.5 Å². The van der Waals surface area contributed by atoms with E-state index in [0.29, 0.717) is 25.6 Å². The summed E-state index contributed by atoms with van der Waals surface area (Å²) in [6.45, 7) is 5.41. The van der Waals surface area contributed by atoms with Gasteiger partial charge < -0.3 is 15.2 Å². The SMILES string of the molecule is C[C@](O)(CNc1cnc2cc(F)c(F)cc2n1)CN1CCOCC1. The van der Waals surface area contributed by atoms with Crippen molar-refractivity contribution in [1.29, 1.82) is 0 Å². The van der Waals surface area contributed by atoms with Gasteiger partial charge in [-0.05, 0) is 6.92 Å². The molecule has 0 bridgehead atoms. The summed E-state index contributed by atoms with van der Waals surface area (Å²) in [7, 11) is 0. The highest BCUT2D eigenvalue weighted by Gasteiger charge is 2.25. The monoisotopic (exact) mass is 338 g/mol. The molecule has 0 radical (unpaired) electrons. The van der Waals surface area contributed by atoms with E-state index in [1.807, 2.05) is 0 Å². The number of aromatic nitrogens is 2. The van der Waals surface area contributed by atoms with Crippen molar-refractivity contribution in [3.05, 3.63) is 30.0 Å². The normalized spacial score (nSPS) is 18.5. The van der Waals surface area contributed by atoms with Crippen molar-refractivity contribution in [3.8, 4) is 0 Å². The van der Waals surface area contributed by atoms with Crippen LogP contribution in [0.15, 0.2) is 18.3 Å². The Bertz CT molecular complexity index is 721. The van der Waals surface area contributed by atoms with Crippen LogP contribution in [0.2, 0.25) is 0 Å². The number of hydrogen-bond donors (Lipinski definition) is 2. The molecule has 3 rings (SSSR count). The van der Waals surface area contributed by atoms with E-state index in [1.54, 1.807) is 6.92 Å². The molecule has 2 N–H and O–H groups in total. The van der Waals surface area contributed by atoms with Crippen LogP contribution in [0.4, 0.5) is 14.6 Å². The van der Waals surface area contributed by atoms with E-state index in [0.717, 1.165) is 25.2 Å². The minimum atomic E-state index is -0.970. The molecule has 0 saturated carbocycles. The molecule has 0 amide bonds. The molecule has 1 fully saturated rings. The molecule has 130 valence electrons. The van der Waals surface area contributed by atoms with Crippen molar-refractivity contribution in [1.82, 2.24) is 14.9 Å². The summed E-state index contributed by atoms with van der Waals surface area (Å²) < 4.78 is 31.8. The number of morpholine rings is 1. The summed E-state index contributed by atoms with van der Waals surface area (Å²) in [5.41, 5.74) is -0.437. The highest BCUT2D eigenvalue weighted by molar-refractivity contribution is 5.75. The van der Waals surface area contributed by atoms with Gasteiger partial charge in [-0.1, -0.05) is 0 Å². The van der Waals surface area contributed by atoms with E-state index in [-0.39, 0.29) is 17.6 Å². The Morgan fingerprint density at radius 1 is 1.25 bits per heavy atom. The molecular weight excluding hydrogens is 318 g/mol. The average Bonchev–Trinajstić information content (AvgIpc) is 2.55. The van der Waals surface area contributed by atoms with E-state index in [4.69, 9.17) is 4.74 Å². The van der Waals surface area contributed by atoms with Gasteiger partial charge in [0.05, 0.1) is 36.0 Å². The number of hydrogen-bond acceptors (Lipinski definition) is 6. The Morgan fingerprint density at radius 3 is 2.62 bits per heavy atom. The fourth-order valence-corrected chi connectivity index (χ4v) is 2.67. The number of ether oxygens (including phenoxy) is 1. The molecule has 0 unspecified atom stereocenters. The van der Waals surface area contributed by atoms with Gasteiger partial charge in [0.2, 0.25) is 0 Å². The molecule has 8 heteroatoms. The maximum Gasteiger partial charge on any atom is 0.161 e. The predicted molar refractivity (Wildman–Crippen MR) is 85.8 cm³/mol. The quantitative estimate of drug-likeness (QED) is 0.859. The first-order valence-corrected chi connectivity index (χ1v) is 7.81. The number of fused-ring (bicyclic) bond motifs is 1. The van der Waals surface area contributed by atoms with Gasteiger partial charge in [-0.2, -0.15) is 0 Å². The van der Waals surface area contributed by atoms with Gasteiger partial charge in [0, 0.05) is 38.3 Å². The number of nitrogens with one attached hydrogen (secondary N) is 1. The molecule has 1 aliphatic rings. The lowest BCUT2D eigenvalue weighted by atomic mass is 10.1. The van der Waals surface area contributed by atoms with Gasteiger partial charge in [0.15, 0.2) is 11.6 Å². The van der Waals surface area contributed by atoms with E-state index in [9.17, 15) is 13.9 Å². The standard InChI is InChI=1S/C16H20F2N4O2/c1-16(23,10-22-2-4-24-5-3-22)9-20-15-8-19-13-6-11(17)12(18)7-14(13)21-15/h6-8,23H,2-5,9-10H2,1H3,(H,20,21)/t16-/m0/s1. The Hall–Kier alpha value is -1.90. The number of anilines is 1. The molecule has 6 nitrogen and oxygen atoms in total. The second kappa shape index (κ2) is 6.92. The van der Waals surface area contributed by atoms with Gasteiger partial charge in [-0.3, -0.25) is 9.88 Å². The van der Waals surface area contributed by atoms with Crippen LogP contribution in [-0.2, 0) is 4.74 Å². The van der Waals surface area contributed by atoms with Crippen LogP contribution in [0.25, 0.3) is 11.0 Å². The first kappa shape index (κ1) is 16.9. The summed E-state index contributed by atoms with van der Waals surface area (Å²) >= 11 is 0. The fourth-order valence-electron chi connectivity index (χ4n) is 2.67. The van der Waals surface area contributed by atoms with Gasteiger partial charge in [0.1, 0.15) is 5.82 Å². The minimum Gasteiger partial charge on any atom is -0.387 e. The van der Waals surface area contributed by atoms with Crippen LogP contribution in [-0.4, -0.2) is 65.0 Å². The lowest BCUT2D eigenvalue weighted by molar-refractivity contribution is -0.0164. The van der Waals surface area contributed by atoms with Crippen LogP contribution in [0.5, 0.6) is 0 Å². The summed E-state index contributed by atoms with van der Waals surface area (Å²) in [5, 5.41) is 13.5. The average molecular weight is 338 g/mol. The Balaban J connectivity index is 1.64. The number of nitrogens with zero attached hydrogens (tertiary/aromatic N) is 3. The zero-order valence-corrected chi connectivity index (χ0v) is 13.4. The van der Waals surface area contributed by atoms with Crippen LogP contribution >= 0.6 is 0 Å². The fraction of sp³-hybridized carbons (Fsp3) is 0.500. The highest BCUT2D eigenvalue weighted by atomic mass is 19.2. The molecule has 1 saturated heterocycles. The van der Waals surface area contributed by atoms with Crippen molar-refractivity contribution in [2.75, 3.05) is 44.7 Å². The van der Waals surface area contributed by atoms with E-state index in [1.165, 1.54) is 6.20 Å². The second-order valence-corrected chi connectivity index (χ2v) is 6.25.